The number of hydrogen-bond acceptors (Lipinski definition) is 5. The Labute approximate surface area is 160 Å². The van der Waals surface area contributed by atoms with Gasteiger partial charge < -0.3 is 4.74 Å². The minimum Gasteiger partial charge on any atom is -0.462 e. The van der Waals surface area contributed by atoms with Crippen LogP contribution in [0.1, 0.15) is 22.8 Å². The second-order valence-electron chi connectivity index (χ2n) is 6.41. The van der Waals surface area contributed by atoms with Crippen LogP contribution >= 0.6 is 0 Å². The molecule has 0 amide bonds. The van der Waals surface area contributed by atoms with Crippen LogP contribution in [0.5, 0.6) is 0 Å². The van der Waals surface area contributed by atoms with E-state index < -0.39 is 16.0 Å². The predicted octanol–water partition coefficient (Wildman–Crippen LogP) is 2.37. The van der Waals surface area contributed by atoms with E-state index >= 15 is 0 Å². The lowest BCUT2D eigenvalue weighted by Crippen LogP contribution is -2.48. The molecule has 2 aromatic rings. The molecule has 0 radical (unpaired) electrons. The first-order valence-electron chi connectivity index (χ1n) is 9.04. The van der Waals surface area contributed by atoms with Crippen LogP contribution < -0.4 is 0 Å². The molecule has 1 heterocycles. The van der Waals surface area contributed by atoms with Gasteiger partial charge in [0, 0.05) is 32.7 Å². The van der Waals surface area contributed by atoms with Crippen LogP contribution in [0.4, 0.5) is 0 Å². The van der Waals surface area contributed by atoms with Crippen molar-refractivity contribution in [3.05, 3.63) is 65.7 Å². The van der Waals surface area contributed by atoms with Crippen LogP contribution in [0.3, 0.4) is 0 Å². The van der Waals surface area contributed by atoms with Gasteiger partial charge in [-0.1, -0.05) is 36.4 Å². The highest BCUT2D eigenvalue weighted by Gasteiger charge is 2.29. The van der Waals surface area contributed by atoms with Gasteiger partial charge in [0.05, 0.1) is 17.1 Å². The van der Waals surface area contributed by atoms with Crippen molar-refractivity contribution in [3.8, 4) is 0 Å². The molecule has 1 saturated heterocycles. The fraction of sp³-hybridized carbons (Fsp3) is 0.350. The number of ether oxygens (including phenoxy) is 1. The molecule has 1 fully saturated rings. The SMILES string of the molecule is CCOC(=O)c1cccc(S(=O)(=O)N2CCN(Cc3ccccc3)CC2)c1. The van der Waals surface area contributed by atoms with Crippen molar-refractivity contribution in [1.29, 1.82) is 0 Å². The highest BCUT2D eigenvalue weighted by atomic mass is 32.2. The van der Waals surface area contributed by atoms with Crippen molar-refractivity contribution in [2.45, 2.75) is 18.4 Å². The molecule has 144 valence electrons. The third-order valence-corrected chi connectivity index (χ3v) is 6.46. The normalized spacial score (nSPS) is 16.2. The summed E-state index contributed by atoms with van der Waals surface area (Å²) >= 11 is 0. The maximum Gasteiger partial charge on any atom is 0.338 e. The molecule has 0 aromatic heterocycles. The van der Waals surface area contributed by atoms with Crippen LogP contribution in [0.15, 0.2) is 59.5 Å². The molecule has 0 saturated carbocycles. The summed E-state index contributed by atoms with van der Waals surface area (Å²) in [6, 6.07) is 16.2. The van der Waals surface area contributed by atoms with E-state index in [-0.39, 0.29) is 17.1 Å². The van der Waals surface area contributed by atoms with Gasteiger partial charge in [-0.25, -0.2) is 13.2 Å². The van der Waals surface area contributed by atoms with Gasteiger partial charge in [-0.05, 0) is 30.7 Å². The number of carbonyl (C=O) groups is 1. The minimum atomic E-state index is -3.63. The number of carbonyl (C=O) groups excluding carboxylic acids is 1. The first-order chi connectivity index (χ1) is 13.0. The average Bonchev–Trinajstić information content (AvgIpc) is 2.69. The predicted molar refractivity (Wildman–Crippen MR) is 103 cm³/mol. The Morgan fingerprint density at radius 3 is 2.37 bits per heavy atom. The molecule has 1 aliphatic heterocycles. The van der Waals surface area contributed by atoms with Crippen molar-refractivity contribution in [1.82, 2.24) is 9.21 Å². The van der Waals surface area contributed by atoms with Gasteiger partial charge in [-0.2, -0.15) is 4.31 Å². The van der Waals surface area contributed by atoms with Crippen molar-refractivity contribution in [2.24, 2.45) is 0 Å². The molecule has 0 N–H and O–H groups in total. The molecule has 0 spiro atoms. The quantitative estimate of drug-likeness (QED) is 0.711. The summed E-state index contributed by atoms with van der Waals surface area (Å²) in [6.07, 6.45) is 0. The van der Waals surface area contributed by atoms with Crippen molar-refractivity contribution >= 4 is 16.0 Å². The lowest BCUT2D eigenvalue weighted by Gasteiger charge is -2.34. The molecule has 7 heteroatoms. The summed E-state index contributed by atoms with van der Waals surface area (Å²) in [4.78, 5) is 14.3. The van der Waals surface area contributed by atoms with E-state index in [2.05, 4.69) is 17.0 Å². The number of sulfonamides is 1. The molecule has 6 nitrogen and oxygen atoms in total. The van der Waals surface area contributed by atoms with Gasteiger partial charge in [0.15, 0.2) is 0 Å². The van der Waals surface area contributed by atoms with Crippen molar-refractivity contribution in [2.75, 3.05) is 32.8 Å². The molecule has 3 rings (SSSR count). The Kier molecular flexibility index (Phi) is 6.26. The largest absolute Gasteiger partial charge is 0.462 e. The molecule has 1 aliphatic rings. The highest BCUT2D eigenvalue weighted by molar-refractivity contribution is 7.89. The summed E-state index contributed by atoms with van der Waals surface area (Å²) in [5.74, 6) is -0.512. The molecular weight excluding hydrogens is 364 g/mol. The molecule has 0 aliphatic carbocycles. The molecule has 2 aromatic carbocycles. The van der Waals surface area contributed by atoms with E-state index in [9.17, 15) is 13.2 Å². The molecule has 0 unspecified atom stereocenters. The molecule has 27 heavy (non-hydrogen) atoms. The van der Waals surface area contributed by atoms with E-state index in [1.165, 1.54) is 22.0 Å². The van der Waals surface area contributed by atoms with E-state index in [1.54, 1.807) is 19.1 Å². The van der Waals surface area contributed by atoms with Crippen LogP contribution in [-0.4, -0.2) is 56.4 Å². The van der Waals surface area contributed by atoms with Gasteiger partial charge in [-0.3, -0.25) is 4.90 Å². The molecule has 0 bridgehead atoms. The van der Waals surface area contributed by atoms with Gasteiger partial charge in [0.1, 0.15) is 0 Å². The molecular formula is C20H24N2O4S. The Morgan fingerprint density at radius 2 is 1.70 bits per heavy atom. The number of nitrogens with zero attached hydrogens (tertiary/aromatic N) is 2. The Balaban J connectivity index is 1.66. The zero-order chi connectivity index (χ0) is 19.3. The first kappa shape index (κ1) is 19.5. The zero-order valence-corrected chi connectivity index (χ0v) is 16.2. The van der Waals surface area contributed by atoms with Gasteiger partial charge in [0.2, 0.25) is 10.0 Å². The Hall–Kier alpha value is -2.22. The van der Waals surface area contributed by atoms with Gasteiger partial charge in [-0.15, -0.1) is 0 Å². The topological polar surface area (TPSA) is 66.9 Å². The van der Waals surface area contributed by atoms with Crippen LogP contribution in [0, 0.1) is 0 Å². The smallest absolute Gasteiger partial charge is 0.338 e. The summed E-state index contributed by atoms with van der Waals surface area (Å²) < 4.78 is 32.3. The van der Waals surface area contributed by atoms with E-state index in [0.29, 0.717) is 26.2 Å². The highest BCUT2D eigenvalue weighted by Crippen LogP contribution is 2.20. The monoisotopic (exact) mass is 388 g/mol. The standard InChI is InChI=1S/C20H24N2O4S/c1-2-26-20(23)18-9-6-10-19(15-18)27(24,25)22-13-11-21(12-14-22)16-17-7-4-3-5-8-17/h3-10,15H,2,11-14,16H2,1H3. The van der Waals surface area contributed by atoms with Crippen molar-refractivity contribution < 1.29 is 17.9 Å². The number of piperazine rings is 1. The van der Waals surface area contributed by atoms with Crippen LogP contribution in [0.2, 0.25) is 0 Å². The van der Waals surface area contributed by atoms with E-state index in [4.69, 9.17) is 4.74 Å². The maximum absolute atomic E-state index is 12.9. The fourth-order valence-electron chi connectivity index (χ4n) is 3.12. The minimum absolute atomic E-state index is 0.129. The zero-order valence-electron chi connectivity index (χ0n) is 15.4. The van der Waals surface area contributed by atoms with Crippen molar-refractivity contribution in [3.63, 3.8) is 0 Å². The Bertz CT molecular complexity index is 876. The average molecular weight is 388 g/mol. The number of benzene rings is 2. The van der Waals surface area contributed by atoms with Gasteiger partial charge >= 0.3 is 5.97 Å². The summed E-state index contributed by atoms with van der Waals surface area (Å²) in [5, 5.41) is 0. The second kappa shape index (κ2) is 8.65. The number of esters is 1. The van der Waals surface area contributed by atoms with E-state index in [1.807, 2.05) is 18.2 Å². The first-order valence-corrected chi connectivity index (χ1v) is 10.5. The third kappa shape index (κ3) is 4.74. The summed E-state index contributed by atoms with van der Waals surface area (Å²) in [7, 11) is -3.63. The summed E-state index contributed by atoms with van der Waals surface area (Å²) in [5.41, 5.74) is 1.47. The lowest BCUT2D eigenvalue weighted by atomic mass is 10.2. The van der Waals surface area contributed by atoms with Gasteiger partial charge in [0.25, 0.3) is 0 Å². The lowest BCUT2D eigenvalue weighted by molar-refractivity contribution is 0.0526. The van der Waals surface area contributed by atoms with E-state index in [0.717, 1.165) is 6.54 Å². The third-order valence-electron chi connectivity index (χ3n) is 4.56. The summed E-state index contributed by atoms with van der Waals surface area (Å²) in [6.45, 7) is 4.98. The number of rotatable bonds is 6. The van der Waals surface area contributed by atoms with Crippen LogP contribution in [-0.2, 0) is 21.3 Å². The maximum atomic E-state index is 12.9. The number of hydrogen-bond donors (Lipinski definition) is 0. The van der Waals surface area contributed by atoms with Crippen LogP contribution in [0.25, 0.3) is 0 Å². The molecule has 0 atom stereocenters. The fourth-order valence-corrected chi connectivity index (χ4v) is 4.59. The Morgan fingerprint density at radius 1 is 1.00 bits per heavy atom. The second-order valence-corrected chi connectivity index (χ2v) is 8.35.